The molecule has 4 nitrogen and oxygen atoms in total. The van der Waals surface area contributed by atoms with Gasteiger partial charge < -0.3 is 9.88 Å². The molecule has 148 valence electrons. The van der Waals surface area contributed by atoms with Gasteiger partial charge in [0.2, 0.25) is 5.91 Å². The number of anilines is 1. The minimum absolute atomic E-state index is 0.111. The van der Waals surface area contributed by atoms with Crippen molar-refractivity contribution in [1.29, 1.82) is 0 Å². The zero-order valence-corrected chi connectivity index (χ0v) is 16.5. The molecule has 0 radical (unpaired) electrons. The van der Waals surface area contributed by atoms with E-state index < -0.39 is 12.7 Å². The lowest BCUT2D eigenvalue weighted by Gasteiger charge is -2.12. The molecule has 0 atom stereocenters. The SMILES string of the molecule is Cc1cccc(NC(=O)Cc2nc(-c3cc(C)n(CC(F)(F)F)c3C)cs2)c1. The van der Waals surface area contributed by atoms with Crippen LogP contribution in [0.25, 0.3) is 11.3 Å². The first-order chi connectivity index (χ1) is 13.1. The highest BCUT2D eigenvalue weighted by atomic mass is 32.1. The number of carbonyl (C=O) groups is 1. The summed E-state index contributed by atoms with van der Waals surface area (Å²) in [4.78, 5) is 16.7. The lowest BCUT2D eigenvalue weighted by Crippen LogP contribution is -2.19. The molecule has 0 aliphatic carbocycles. The van der Waals surface area contributed by atoms with Crippen LogP contribution in [0.4, 0.5) is 18.9 Å². The number of carbonyl (C=O) groups excluding carboxylic acids is 1. The summed E-state index contributed by atoms with van der Waals surface area (Å²) in [5.74, 6) is -0.186. The van der Waals surface area contributed by atoms with Crippen LogP contribution in [0.1, 0.15) is 22.0 Å². The fourth-order valence-corrected chi connectivity index (χ4v) is 3.86. The molecule has 0 fully saturated rings. The molecule has 2 heterocycles. The van der Waals surface area contributed by atoms with E-state index in [2.05, 4.69) is 10.3 Å². The minimum atomic E-state index is -4.28. The van der Waals surface area contributed by atoms with Gasteiger partial charge in [0.15, 0.2) is 0 Å². The van der Waals surface area contributed by atoms with Crippen LogP contribution in [0.5, 0.6) is 0 Å². The van der Waals surface area contributed by atoms with Gasteiger partial charge in [-0.1, -0.05) is 12.1 Å². The zero-order valence-electron chi connectivity index (χ0n) is 15.7. The maximum atomic E-state index is 12.8. The van der Waals surface area contributed by atoms with Gasteiger partial charge in [0.25, 0.3) is 0 Å². The molecule has 3 rings (SSSR count). The Morgan fingerprint density at radius 2 is 1.96 bits per heavy atom. The van der Waals surface area contributed by atoms with Crippen molar-refractivity contribution in [2.75, 3.05) is 5.32 Å². The van der Waals surface area contributed by atoms with Crippen LogP contribution in [-0.4, -0.2) is 21.6 Å². The monoisotopic (exact) mass is 407 g/mol. The van der Waals surface area contributed by atoms with Crippen LogP contribution in [0.2, 0.25) is 0 Å². The van der Waals surface area contributed by atoms with Crippen molar-refractivity contribution in [1.82, 2.24) is 9.55 Å². The van der Waals surface area contributed by atoms with Crippen LogP contribution in [0, 0.1) is 20.8 Å². The number of amides is 1. The van der Waals surface area contributed by atoms with Crippen molar-refractivity contribution in [3.05, 3.63) is 57.7 Å². The van der Waals surface area contributed by atoms with Crippen molar-refractivity contribution < 1.29 is 18.0 Å². The Hall–Kier alpha value is -2.61. The van der Waals surface area contributed by atoms with Gasteiger partial charge in [0, 0.05) is 28.0 Å². The Kier molecular flexibility index (Phi) is 5.60. The van der Waals surface area contributed by atoms with Gasteiger partial charge in [-0.15, -0.1) is 11.3 Å². The van der Waals surface area contributed by atoms with E-state index in [-0.39, 0.29) is 12.3 Å². The van der Waals surface area contributed by atoms with E-state index >= 15 is 0 Å². The second-order valence-electron chi connectivity index (χ2n) is 6.71. The number of hydrogen-bond donors (Lipinski definition) is 1. The maximum absolute atomic E-state index is 12.8. The molecule has 8 heteroatoms. The van der Waals surface area contributed by atoms with Gasteiger partial charge in [-0.25, -0.2) is 4.98 Å². The second kappa shape index (κ2) is 7.79. The summed E-state index contributed by atoms with van der Waals surface area (Å²) in [5.41, 5.74) is 4.04. The molecule has 3 aromatic rings. The largest absolute Gasteiger partial charge is 0.406 e. The van der Waals surface area contributed by atoms with Crippen LogP contribution < -0.4 is 5.32 Å². The third-order valence-corrected chi connectivity index (χ3v) is 5.20. The average Bonchev–Trinajstić information content (AvgIpc) is 3.13. The molecule has 0 aliphatic rings. The summed E-state index contributed by atoms with van der Waals surface area (Å²) < 4.78 is 39.6. The summed E-state index contributed by atoms with van der Waals surface area (Å²) in [6, 6.07) is 9.20. The Labute approximate surface area is 165 Å². The lowest BCUT2D eigenvalue weighted by atomic mass is 10.2. The van der Waals surface area contributed by atoms with Gasteiger partial charge >= 0.3 is 6.18 Å². The summed E-state index contributed by atoms with van der Waals surface area (Å²) in [6.45, 7) is 4.21. The highest BCUT2D eigenvalue weighted by Crippen LogP contribution is 2.30. The fraction of sp³-hybridized carbons (Fsp3) is 0.300. The molecule has 28 heavy (non-hydrogen) atoms. The van der Waals surface area contributed by atoms with Gasteiger partial charge in [-0.05, 0) is 44.5 Å². The first-order valence-electron chi connectivity index (χ1n) is 8.67. The molecule has 1 aromatic carbocycles. The highest BCUT2D eigenvalue weighted by Gasteiger charge is 2.30. The number of nitrogens with zero attached hydrogens (tertiary/aromatic N) is 2. The van der Waals surface area contributed by atoms with Crippen LogP contribution in [-0.2, 0) is 17.8 Å². The first-order valence-corrected chi connectivity index (χ1v) is 9.55. The van der Waals surface area contributed by atoms with E-state index in [1.807, 2.05) is 31.2 Å². The number of hydrogen-bond acceptors (Lipinski definition) is 3. The van der Waals surface area contributed by atoms with E-state index in [9.17, 15) is 18.0 Å². The minimum Gasteiger partial charge on any atom is -0.339 e. The van der Waals surface area contributed by atoms with Gasteiger partial charge in [-0.2, -0.15) is 13.2 Å². The fourth-order valence-electron chi connectivity index (χ4n) is 3.06. The number of rotatable bonds is 5. The predicted octanol–water partition coefficient (Wildman–Crippen LogP) is 5.28. The molecule has 0 unspecified atom stereocenters. The van der Waals surface area contributed by atoms with Crippen molar-refractivity contribution in [3.8, 4) is 11.3 Å². The summed E-state index contributed by atoms with van der Waals surface area (Å²) >= 11 is 1.32. The number of benzene rings is 1. The van der Waals surface area contributed by atoms with E-state index in [1.165, 1.54) is 15.9 Å². The Balaban J connectivity index is 1.74. The zero-order chi connectivity index (χ0) is 20.5. The number of nitrogens with one attached hydrogen (secondary N) is 1. The van der Waals surface area contributed by atoms with Gasteiger partial charge in [0.05, 0.1) is 12.1 Å². The molecule has 0 bridgehead atoms. The Morgan fingerprint density at radius 1 is 1.21 bits per heavy atom. The van der Waals surface area contributed by atoms with Crippen LogP contribution in [0.3, 0.4) is 0 Å². The molecule has 0 saturated heterocycles. The number of aryl methyl sites for hydroxylation is 2. The quantitative estimate of drug-likeness (QED) is 0.625. The predicted molar refractivity (Wildman–Crippen MR) is 105 cm³/mol. The molecule has 0 spiro atoms. The Morgan fingerprint density at radius 3 is 2.64 bits per heavy atom. The van der Waals surface area contributed by atoms with E-state index in [4.69, 9.17) is 0 Å². The van der Waals surface area contributed by atoms with Gasteiger partial charge in [0.1, 0.15) is 11.6 Å². The molecular weight excluding hydrogens is 387 g/mol. The number of thiazole rings is 1. The van der Waals surface area contributed by atoms with Crippen molar-refractivity contribution in [2.45, 2.75) is 39.9 Å². The third kappa shape index (κ3) is 4.81. The third-order valence-electron chi connectivity index (χ3n) is 4.35. The van der Waals surface area contributed by atoms with Crippen molar-refractivity contribution >= 4 is 22.9 Å². The van der Waals surface area contributed by atoms with E-state index in [0.29, 0.717) is 27.7 Å². The van der Waals surface area contributed by atoms with Crippen molar-refractivity contribution in [3.63, 3.8) is 0 Å². The maximum Gasteiger partial charge on any atom is 0.406 e. The molecule has 2 aromatic heterocycles. The molecular formula is C20H20F3N3OS. The second-order valence-corrected chi connectivity index (χ2v) is 7.65. The lowest BCUT2D eigenvalue weighted by molar-refractivity contribution is -0.141. The van der Waals surface area contributed by atoms with Crippen LogP contribution >= 0.6 is 11.3 Å². The van der Waals surface area contributed by atoms with E-state index in [0.717, 1.165) is 11.3 Å². The number of aromatic nitrogens is 2. The topological polar surface area (TPSA) is 46.9 Å². The molecule has 0 aliphatic heterocycles. The number of halogens is 3. The molecule has 1 N–H and O–H groups in total. The Bertz CT molecular complexity index is 1000. The highest BCUT2D eigenvalue weighted by molar-refractivity contribution is 7.10. The van der Waals surface area contributed by atoms with E-state index in [1.54, 1.807) is 25.3 Å². The van der Waals surface area contributed by atoms with Gasteiger partial charge in [-0.3, -0.25) is 4.79 Å². The number of alkyl halides is 3. The molecule has 0 saturated carbocycles. The van der Waals surface area contributed by atoms with Crippen molar-refractivity contribution in [2.24, 2.45) is 0 Å². The smallest absolute Gasteiger partial charge is 0.339 e. The summed E-state index contributed by atoms with van der Waals surface area (Å²) in [7, 11) is 0. The average molecular weight is 407 g/mol. The molecule has 1 amide bonds. The summed E-state index contributed by atoms with van der Waals surface area (Å²) in [6.07, 6.45) is -4.17. The normalized spacial score (nSPS) is 11.6. The van der Waals surface area contributed by atoms with Crippen LogP contribution in [0.15, 0.2) is 35.7 Å². The first kappa shape index (κ1) is 20.1. The summed E-state index contributed by atoms with van der Waals surface area (Å²) in [5, 5.41) is 5.21. The standard InChI is InChI=1S/C20H20F3N3OS/c1-12-5-4-6-15(7-12)24-18(27)9-19-25-17(10-28-19)16-8-13(2)26(14(16)3)11-20(21,22)23/h4-8,10H,9,11H2,1-3H3,(H,24,27).